The Balaban J connectivity index is 2.43. The van der Waals surface area contributed by atoms with E-state index in [9.17, 15) is 13.2 Å². The highest BCUT2D eigenvalue weighted by Gasteiger charge is 2.30. The SMILES string of the molecule is [2H]C([2H])([2H])NC([2H])([2H])C([2H])([2H])C(Oc1ccc(C(F)(F)F)cc1)c1ccccc1. The van der Waals surface area contributed by atoms with Gasteiger partial charge in [-0.2, -0.15) is 13.2 Å². The standard InChI is InChI=1S/C17H18F3NO/c1-21-12-11-16(13-5-3-2-4-6-13)22-15-9-7-14(8-10-15)17(18,19)20/h2-10,16,21H,11-12H2,1H3/i1D3,11D2,12D2. The van der Waals surface area contributed by atoms with Crippen LogP contribution in [0.5, 0.6) is 5.75 Å². The Labute approximate surface area is 137 Å². The molecule has 2 aromatic carbocycles. The van der Waals surface area contributed by atoms with Crippen LogP contribution in [0.4, 0.5) is 13.2 Å². The summed E-state index contributed by atoms with van der Waals surface area (Å²) in [7, 11) is 0. The van der Waals surface area contributed by atoms with Crippen molar-refractivity contribution in [1.29, 1.82) is 0 Å². The summed E-state index contributed by atoms with van der Waals surface area (Å²) in [5, 5.41) is 1.63. The molecule has 0 spiro atoms. The quantitative estimate of drug-likeness (QED) is 0.851. The average molecular weight is 316 g/mol. The Morgan fingerprint density at radius 1 is 1.14 bits per heavy atom. The smallest absolute Gasteiger partial charge is 0.416 e. The number of alkyl halides is 3. The molecule has 22 heavy (non-hydrogen) atoms. The van der Waals surface area contributed by atoms with Crippen molar-refractivity contribution >= 4 is 0 Å². The van der Waals surface area contributed by atoms with Gasteiger partial charge in [-0.3, -0.25) is 0 Å². The first-order valence-corrected chi connectivity index (χ1v) is 6.32. The van der Waals surface area contributed by atoms with E-state index in [1.165, 1.54) is 12.1 Å². The fourth-order valence-corrected chi connectivity index (χ4v) is 1.77. The van der Waals surface area contributed by atoms with Gasteiger partial charge in [0.2, 0.25) is 0 Å². The zero-order chi connectivity index (χ0) is 22.1. The van der Waals surface area contributed by atoms with E-state index in [1.807, 2.05) is 0 Å². The molecule has 0 aliphatic carbocycles. The summed E-state index contributed by atoms with van der Waals surface area (Å²) in [6.07, 6.45) is -9.15. The van der Waals surface area contributed by atoms with Crippen LogP contribution in [0.15, 0.2) is 54.6 Å². The highest BCUT2D eigenvalue weighted by atomic mass is 19.4. The lowest BCUT2D eigenvalue weighted by Gasteiger charge is -2.20. The van der Waals surface area contributed by atoms with Gasteiger partial charge in [-0.1, -0.05) is 30.3 Å². The van der Waals surface area contributed by atoms with E-state index >= 15 is 0 Å². The van der Waals surface area contributed by atoms with Crippen molar-refractivity contribution in [3.63, 3.8) is 0 Å². The Hall–Kier alpha value is -2.01. The van der Waals surface area contributed by atoms with E-state index in [0.717, 1.165) is 24.3 Å². The first-order valence-electron chi connectivity index (χ1n) is 9.82. The summed E-state index contributed by atoms with van der Waals surface area (Å²) in [5.74, 6) is -0.139. The van der Waals surface area contributed by atoms with E-state index in [-0.39, 0.29) is 11.3 Å². The van der Waals surface area contributed by atoms with Crippen molar-refractivity contribution in [3.8, 4) is 5.75 Å². The van der Waals surface area contributed by atoms with Crippen molar-refractivity contribution in [2.75, 3.05) is 13.5 Å². The summed E-state index contributed by atoms with van der Waals surface area (Å²) in [5.41, 5.74) is -0.753. The molecular weight excluding hydrogens is 291 g/mol. The molecule has 0 fully saturated rings. The average Bonchev–Trinajstić information content (AvgIpc) is 2.57. The van der Waals surface area contributed by atoms with Crippen LogP contribution in [-0.2, 0) is 6.18 Å². The van der Waals surface area contributed by atoms with E-state index < -0.39 is 37.7 Å². The van der Waals surface area contributed by atoms with Crippen LogP contribution in [0.25, 0.3) is 0 Å². The molecule has 0 saturated carbocycles. The molecule has 0 heterocycles. The normalized spacial score (nSPS) is 19.5. The molecule has 0 aliphatic heterocycles. The predicted octanol–water partition coefficient (Wildman–Crippen LogP) is 4.44. The first kappa shape index (κ1) is 9.20. The van der Waals surface area contributed by atoms with Gasteiger partial charge in [0.05, 0.1) is 5.56 Å². The molecule has 0 aliphatic rings. The minimum absolute atomic E-state index is 0.139. The number of rotatable bonds is 6. The molecule has 0 amide bonds. The van der Waals surface area contributed by atoms with E-state index in [1.54, 1.807) is 23.5 Å². The summed E-state index contributed by atoms with van der Waals surface area (Å²) in [4.78, 5) is 0. The number of hydrogen-bond acceptors (Lipinski definition) is 2. The van der Waals surface area contributed by atoms with Gasteiger partial charge in [0.1, 0.15) is 11.9 Å². The number of halogens is 3. The van der Waals surface area contributed by atoms with Gasteiger partial charge in [0.25, 0.3) is 0 Å². The van der Waals surface area contributed by atoms with Crippen LogP contribution in [0, 0.1) is 0 Å². The lowest BCUT2D eigenvalue weighted by Crippen LogP contribution is -2.16. The van der Waals surface area contributed by atoms with Crippen LogP contribution in [0.1, 0.15) is 33.2 Å². The summed E-state index contributed by atoms with van der Waals surface area (Å²) < 4.78 is 97.7. The number of nitrogens with one attached hydrogen (secondary N) is 1. The Kier molecular flexibility index (Phi) is 3.06. The molecule has 118 valence electrons. The summed E-state index contributed by atoms with van der Waals surface area (Å²) >= 11 is 0. The zero-order valence-electron chi connectivity index (χ0n) is 18.3. The molecule has 0 aromatic heterocycles. The van der Waals surface area contributed by atoms with Gasteiger partial charge >= 0.3 is 6.18 Å². The highest BCUT2D eigenvalue weighted by Crippen LogP contribution is 2.31. The third-order valence-corrected chi connectivity index (χ3v) is 2.80. The first-order chi connectivity index (χ1) is 13.1. The maximum absolute atomic E-state index is 12.7. The van der Waals surface area contributed by atoms with Gasteiger partial charge < -0.3 is 10.1 Å². The lowest BCUT2D eigenvalue weighted by atomic mass is 10.1. The second-order valence-corrected chi connectivity index (χ2v) is 4.33. The second kappa shape index (κ2) is 7.31. The number of hydrogen-bond donors (Lipinski definition) is 1. The van der Waals surface area contributed by atoms with E-state index in [0.29, 0.717) is 0 Å². The molecule has 2 aromatic rings. The van der Waals surface area contributed by atoms with Crippen LogP contribution < -0.4 is 10.1 Å². The van der Waals surface area contributed by atoms with Crippen molar-refractivity contribution < 1.29 is 27.5 Å². The number of ether oxygens (including phenoxy) is 1. The molecule has 1 unspecified atom stereocenters. The maximum Gasteiger partial charge on any atom is 0.416 e. The summed E-state index contributed by atoms with van der Waals surface area (Å²) in [6, 6.07) is 11.1. The second-order valence-electron chi connectivity index (χ2n) is 4.33. The van der Waals surface area contributed by atoms with Crippen molar-refractivity contribution in [2.45, 2.75) is 18.7 Å². The minimum atomic E-state index is -4.56. The van der Waals surface area contributed by atoms with Gasteiger partial charge in [-0.15, -0.1) is 0 Å². The van der Waals surface area contributed by atoms with E-state index in [2.05, 4.69) is 0 Å². The Bertz CT molecular complexity index is 809. The third kappa shape index (κ3) is 4.49. The third-order valence-electron chi connectivity index (χ3n) is 2.80. The highest BCUT2D eigenvalue weighted by molar-refractivity contribution is 5.30. The molecule has 0 bridgehead atoms. The zero-order valence-corrected chi connectivity index (χ0v) is 11.3. The van der Waals surface area contributed by atoms with Crippen LogP contribution in [0.2, 0.25) is 0 Å². The maximum atomic E-state index is 12.7. The number of benzene rings is 2. The van der Waals surface area contributed by atoms with Gasteiger partial charge in [-0.25, -0.2) is 0 Å². The summed E-state index contributed by atoms with van der Waals surface area (Å²) in [6.45, 7) is -6.04. The van der Waals surface area contributed by atoms with Crippen LogP contribution in [0.3, 0.4) is 0 Å². The predicted molar refractivity (Wildman–Crippen MR) is 79.8 cm³/mol. The monoisotopic (exact) mass is 316 g/mol. The Morgan fingerprint density at radius 2 is 1.82 bits per heavy atom. The van der Waals surface area contributed by atoms with E-state index in [4.69, 9.17) is 14.3 Å². The topological polar surface area (TPSA) is 21.3 Å². The molecule has 0 saturated heterocycles. The largest absolute Gasteiger partial charge is 0.486 e. The molecule has 1 N–H and O–H groups in total. The fourth-order valence-electron chi connectivity index (χ4n) is 1.77. The van der Waals surface area contributed by atoms with Gasteiger partial charge in [0.15, 0.2) is 0 Å². The van der Waals surface area contributed by atoms with Crippen molar-refractivity contribution in [3.05, 3.63) is 65.7 Å². The van der Waals surface area contributed by atoms with Crippen molar-refractivity contribution in [1.82, 2.24) is 5.32 Å². The molecule has 5 heteroatoms. The Morgan fingerprint density at radius 3 is 2.41 bits per heavy atom. The fraction of sp³-hybridized carbons (Fsp3) is 0.294. The van der Waals surface area contributed by atoms with Gasteiger partial charge in [0, 0.05) is 16.0 Å². The molecule has 0 radical (unpaired) electrons. The molecule has 1 atom stereocenters. The van der Waals surface area contributed by atoms with Crippen LogP contribution in [-0.4, -0.2) is 13.5 Å². The minimum Gasteiger partial charge on any atom is -0.486 e. The van der Waals surface area contributed by atoms with Crippen molar-refractivity contribution in [2.24, 2.45) is 0 Å². The van der Waals surface area contributed by atoms with Gasteiger partial charge in [-0.05, 0) is 43.3 Å². The molecule has 2 rings (SSSR count). The molecular formula is C17H18F3NO. The molecule has 2 nitrogen and oxygen atoms in total. The lowest BCUT2D eigenvalue weighted by molar-refractivity contribution is -0.137. The van der Waals surface area contributed by atoms with Crippen LogP contribution >= 0.6 is 0 Å².